The van der Waals surface area contributed by atoms with Crippen LogP contribution in [-0.2, 0) is 10.2 Å². The summed E-state index contributed by atoms with van der Waals surface area (Å²) >= 11 is 0. The predicted molar refractivity (Wildman–Crippen MR) is 52.9 cm³/mol. The van der Waals surface area contributed by atoms with Gasteiger partial charge in [0.1, 0.15) is 11.5 Å². The molecule has 0 aromatic heterocycles. The number of phenols is 2. The molecule has 4 nitrogen and oxygen atoms in total. The summed E-state index contributed by atoms with van der Waals surface area (Å²) in [6.07, 6.45) is 1.86. The minimum atomic E-state index is -0.997. The smallest absolute Gasteiger partial charge is 0.314 e. The summed E-state index contributed by atoms with van der Waals surface area (Å²) in [5, 5.41) is 28.1. The molecular formula is C11H12O4. The first-order valence-corrected chi connectivity index (χ1v) is 4.82. The van der Waals surface area contributed by atoms with Crippen LogP contribution in [0.2, 0.25) is 0 Å². The number of hydrogen-bond donors (Lipinski definition) is 3. The fraction of sp³-hybridized carbons (Fsp3) is 0.364. The minimum Gasteiger partial charge on any atom is -0.508 e. The van der Waals surface area contributed by atoms with Crippen LogP contribution in [0.3, 0.4) is 0 Å². The van der Waals surface area contributed by atoms with Crippen molar-refractivity contribution in [3.63, 3.8) is 0 Å². The Morgan fingerprint density at radius 3 is 2.40 bits per heavy atom. The van der Waals surface area contributed by atoms with Crippen LogP contribution in [0.4, 0.5) is 0 Å². The van der Waals surface area contributed by atoms with E-state index < -0.39 is 11.4 Å². The molecule has 1 saturated carbocycles. The van der Waals surface area contributed by atoms with Crippen molar-refractivity contribution in [2.75, 3.05) is 0 Å². The highest BCUT2D eigenvalue weighted by molar-refractivity contribution is 5.83. The lowest BCUT2D eigenvalue weighted by atomic mass is 9.64. The van der Waals surface area contributed by atoms with Crippen molar-refractivity contribution in [1.82, 2.24) is 0 Å². The van der Waals surface area contributed by atoms with Gasteiger partial charge in [0.25, 0.3) is 0 Å². The second kappa shape index (κ2) is 3.15. The Hall–Kier alpha value is -1.71. The van der Waals surface area contributed by atoms with Gasteiger partial charge >= 0.3 is 5.97 Å². The van der Waals surface area contributed by atoms with Crippen LogP contribution in [0, 0.1) is 0 Å². The van der Waals surface area contributed by atoms with Gasteiger partial charge in [0.05, 0.1) is 5.41 Å². The largest absolute Gasteiger partial charge is 0.508 e. The molecule has 3 N–H and O–H groups in total. The Balaban J connectivity index is 2.51. The van der Waals surface area contributed by atoms with Crippen LogP contribution in [0.1, 0.15) is 24.8 Å². The molecule has 80 valence electrons. The molecule has 1 aromatic rings. The van der Waals surface area contributed by atoms with Crippen LogP contribution < -0.4 is 0 Å². The molecule has 1 aliphatic rings. The summed E-state index contributed by atoms with van der Waals surface area (Å²) in [4.78, 5) is 11.2. The van der Waals surface area contributed by atoms with Crippen molar-refractivity contribution in [2.24, 2.45) is 0 Å². The average Bonchev–Trinajstić information content (AvgIpc) is 2.08. The summed E-state index contributed by atoms with van der Waals surface area (Å²) in [5.41, 5.74) is -0.677. The van der Waals surface area contributed by atoms with Gasteiger partial charge in [0, 0.05) is 5.56 Å². The van der Waals surface area contributed by atoms with Crippen molar-refractivity contribution in [3.8, 4) is 11.5 Å². The number of phenolic OH excluding ortho intramolecular Hbond substituents is 2. The molecule has 0 spiro atoms. The second-order valence-electron chi connectivity index (χ2n) is 3.94. The number of carboxylic acid groups (broad SMARTS) is 1. The number of hydrogen-bond acceptors (Lipinski definition) is 3. The first-order valence-electron chi connectivity index (χ1n) is 4.82. The minimum absolute atomic E-state index is 0.0182. The molecule has 4 heteroatoms. The zero-order chi connectivity index (χ0) is 11.1. The van der Waals surface area contributed by atoms with E-state index in [9.17, 15) is 15.0 Å². The second-order valence-corrected chi connectivity index (χ2v) is 3.94. The molecule has 0 saturated heterocycles. The number of aromatic hydroxyl groups is 2. The van der Waals surface area contributed by atoms with Gasteiger partial charge in [0.2, 0.25) is 0 Å². The van der Waals surface area contributed by atoms with Gasteiger partial charge in [-0.3, -0.25) is 4.79 Å². The summed E-state index contributed by atoms with van der Waals surface area (Å²) in [6, 6.07) is 4.00. The van der Waals surface area contributed by atoms with Crippen LogP contribution >= 0.6 is 0 Å². The van der Waals surface area contributed by atoms with E-state index in [1.54, 1.807) is 0 Å². The lowest BCUT2D eigenvalue weighted by molar-refractivity contribution is -0.147. The lowest BCUT2D eigenvalue weighted by Crippen LogP contribution is -2.42. The molecule has 1 fully saturated rings. The van der Waals surface area contributed by atoms with Crippen molar-refractivity contribution in [1.29, 1.82) is 0 Å². The Morgan fingerprint density at radius 1 is 1.27 bits per heavy atom. The van der Waals surface area contributed by atoms with Gasteiger partial charge in [-0.05, 0) is 31.0 Å². The molecule has 0 unspecified atom stereocenters. The van der Waals surface area contributed by atoms with Crippen LogP contribution in [-0.4, -0.2) is 21.3 Å². The molecule has 2 rings (SSSR count). The number of benzene rings is 1. The van der Waals surface area contributed by atoms with E-state index in [2.05, 4.69) is 0 Å². The van der Waals surface area contributed by atoms with Gasteiger partial charge in [-0.25, -0.2) is 0 Å². The van der Waals surface area contributed by atoms with Crippen molar-refractivity contribution in [3.05, 3.63) is 23.8 Å². The average molecular weight is 208 g/mol. The van der Waals surface area contributed by atoms with Gasteiger partial charge in [0.15, 0.2) is 0 Å². The molecule has 1 aromatic carbocycles. The molecule has 0 aliphatic heterocycles. The fourth-order valence-corrected chi connectivity index (χ4v) is 2.04. The molecule has 1 aliphatic carbocycles. The molecular weight excluding hydrogens is 196 g/mol. The molecule has 15 heavy (non-hydrogen) atoms. The topological polar surface area (TPSA) is 77.8 Å². The molecule has 0 heterocycles. The maximum absolute atomic E-state index is 11.2. The quantitative estimate of drug-likeness (QED) is 0.645. The van der Waals surface area contributed by atoms with E-state index in [1.807, 2.05) is 0 Å². The van der Waals surface area contributed by atoms with E-state index in [1.165, 1.54) is 18.2 Å². The highest BCUT2D eigenvalue weighted by Crippen LogP contribution is 2.47. The Bertz CT molecular complexity index is 407. The van der Waals surface area contributed by atoms with Gasteiger partial charge in [-0.2, -0.15) is 0 Å². The highest BCUT2D eigenvalue weighted by atomic mass is 16.4. The van der Waals surface area contributed by atoms with Crippen LogP contribution in [0.25, 0.3) is 0 Å². The third kappa shape index (κ3) is 1.33. The maximum Gasteiger partial charge on any atom is 0.314 e. The van der Waals surface area contributed by atoms with Crippen molar-refractivity contribution in [2.45, 2.75) is 24.7 Å². The SMILES string of the molecule is O=C(O)C1(c2cc(O)ccc2O)CCC1. The highest BCUT2D eigenvalue weighted by Gasteiger charge is 2.47. The molecule has 0 bridgehead atoms. The monoisotopic (exact) mass is 208 g/mol. The predicted octanol–water partition coefficient (Wildman–Crippen LogP) is 1.60. The summed E-state index contributed by atoms with van der Waals surface area (Å²) in [5.74, 6) is -1.01. The normalized spacial score (nSPS) is 18.1. The first-order chi connectivity index (χ1) is 7.06. The molecule has 0 atom stereocenters. The Morgan fingerprint density at radius 2 is 1.93 bits per heavy atom. The van der Waals surface area contributed by atoms with Crippen LogP contribution in [0.15, 0.2) is 18.2 Å². The Labute approximate surface area is 86.8 Å². The standard InChI is InChI=1S/C11H12O4/c12-7-2-3-9(13)8(6-7)11(10(14)15)4-1-5-11/h2-3,6,12-13H,1,4-5H2,(H,14,15). The van der Waals surface area contributed by atoms with E-state index >= 15 is 0 Å². The van der Waals surface area contributed by atoms with Gasteiger partial charge in [-0.1, -0.05) is 6.42 Å². The maximum atomic E-state index is 11.2. The third-order valence-electron chi connectivity index (χ3n) is 3.11. The fourth-order valence-electron chi connectivity index (χ4n) is 2.04. The number of rotatable bonds is 2. The summed E-state index contributed by atoms with van der Waals surface area (Å²) in [7, 11) is 0. The van der Waals surface area contributed by atoms with Gasteiger partial charge in [-0.15, -0.1) is 0 Å². The molecule has 0 amide bonds. The number of carbonyl (C=O) groups is 1. The third-order valence-corrected chi connectivity index (χ3v) is 3.11. The summed E-state index contributed by atoms with van der Waals surface area (Å²) in [6.45, 7) is 0. The lowest BCUT2D eigenvalue weighted by Gasteiger charge is -2.38. The zero-order valence-corrected chi connectivity index (χ0v) is 8.10. The Kier molecular flexibility index (Phi) is 2.07. The zero-order valence-electron chi connectivity index (χ0n) is 8.10. The van der Waals surface area contributed by atoms with Gasteiger partial charge < -0.3 is 15.3 Å². The number of carboxylic acids is 1. The van der Waals surface area contributed by atoms with E-state index in [0.29, 0.717) is 18.4 Å². The van der Waals surface area contributed by atoms with Crippen molar-refractivity contribution >= 4 is 5.97 Å². The van der Waals surface area contributed by atoms with E-state index in [-0.39, 0.29) is 11.5 Å². The van der Waals surface area contributed by atoms with Crippen LogP contribution in [0.5, 0.6) is 11.5 Å². The number of aliphatic carboxylic acids is 1. The van der Waals surface area contributed by atoms with Crippen molar-refractivity contribution < 1.29 is 20.1 Å². The first kappa shape index (κ1) is 9.83. The van der Waals surface area contributed by atoms with E-state index in [0.717, 1.165) is 6.42 Å². The van der Waals surface area contributed by atoms with E-state index in [4.69, 9.17) is 5.11 Å². The summed E-state index contributed by atoms with van der Waals surface area (Å²) < 4.78 is 0. The molecule has 0 radical (unpaired) electrons.